The third-order valence-corrected chi connectivity index (χ3v) is 14.4. The van der Waals surface area contributed by atoms with Crippen molar-refractivity contribution in [2.24, 2.45) is 0 Å². The van der Waals surface area contributed by atoms with Gasteiger partial charge < -0.3 is 13.9 Å². The van der Waals surface area contributed by atoms with Gasteiger partial charge in [-0.3, -0.25) is 0 Å². The summed E-state index contributed by atoms with van der Waals surface area (Å²) in [5, 5.41) is 9.57. The first-order chi connectivity index (χ1) is 35.2. The molecular formula is C68H44N2O. The highest BCUT2D eigenvalue weighted by molar-refractivity contribution is 6.15. The van der Waals surface area contributed by atoms with Crippen LogP contribution < -0.4 is 4.90 Å². The Bertz CT molecular complexity index is 4290. The first kappa shape index (κ1) is 40.6. The highest BCUT2D eigenvalue weighted by Crippen LogP contribution is 2.42. The minimum atomic E-state index is 0.890. The van der Waals surface area contributed by atoms with Gasteiger partial charge in [0.15, 0.2) is 0 Å². The molecule has 0 amide bonds. The molecule has 0 saturated carbocycles. The number of hydrogen-bond donors (Lipinski definition) is 0. The van der Waals surface area contributed by atoms with Crippen LogP contribution in [0.15, 0.2) is 271 Å². The third kappa shape index (κ3) is 6.97. The number of aromatic nitrogens is 1. The number of furan rings is 1. The van der Waals surface area contributed by atoms with Crippen LogP contribution in [-0.4, -0.2) is 4.57 Å². The summed E-state index contributed by atoms with van der Waals surface area (Å²) in [6.07, 6.45) is 0. The molecule has 3 nitrogen and oxygen atoms in total. The first-order valence-corrected chi connectivity index (χ1v) is 24.3. The fourth-order valence-corrected chi connectivity index (χ4v) is 10.9. The van der Waals surface area contributed by atoms with Crippen LogP contribution in [0.2, 0.25) is 0 Å². The van der Waals surface area contributed by atoms with Crippen LogP contribution in [0.5, 0.6) is 0 Å². The smallest absolute Gasteiger partial charge is 0.143 e. The van der Waals surface area contributed by atoms with Crippen LogP contribution in [0.4, 0.5) is 17.1 Å². The van der Waals surface area contributed by atoms with Crippen LogP contribution in [0.3, 0.4) is 0 Å². The molecule has 0 bridgehead atoms. The van der Waals surface area contributed by atoms with E-state index in [9.17, 15) is 0 Å². The summed E-state index contributed by atoms with van der Waals surface area (Å²) in [6.45, 7) is 0. The summed E-state index contributed by atoms with van der Waals surface area (Å²) < 4.78 is 8.90. The van der Waals surface area contributed by atoms with Crippen LogP contribution in [-0.2, 0) is 0 Å². The van der Waals surface area contributed by atoms with Gasteiger partial charge in [0.2, 0.25) is 0 Å². The molecule has 0 aliphatic carbocycles. The second kappa shape index (κ2) is 16.7. The Morgan fingerprint density at radius 2 is 0.803 bits per heavy atom. The molecule has 0 spiro atoms. The van der Waals surface area contributed by atoms with E-state index in [1.54, 1.807) is 0 Å². The molecular weight excluding hydrogens is 861 g/mol. The SMILES string of the molecule is c1cc(-c2ccc(N(c3ccc(-c4cccc(-n5c6ccccc6c6ccccc65)c4)cc3)c3cccc(-c4ccc5oc6c7ccccc7ccc6c5c4)c3)cc2)cc(-c2cccc3ccccc23)c1. The molecule has 12 aromatic carbocycles. The normalized spacial score (nSPS) is 11.7. The quantitative estimate of drug-likeness (QED) is 0.151. The second-order valence-electron chi connectivity index (χ2n) is 18.5. The monoisotopic (exact) mass is 904 g/mol. The van der Waals surface area contributed by atoms with Crippen molar-refractivity contribution in [1.29, 1.82) is 0 Å². The zero-order valence-electron chi connectivity index (χ0n) is 38.7. The predicted molar refractivity (Wildman–Crippen MR) is 299 cm³/mol. The Hall–Kier alpha value is -9.44. The molecule has 0 radical (unpaired) electrons. The predicted octanol–water partition coefficient (Wildman–Crippen LogP) is 19.1. The number of anilines is 3. The highest BCUT2D eigenvalue weighted by Gasteiger charge is 2.18. The number of fused-ring (bicyclic) bond motifs is 9. The van der Waals surface area contributed by atoms with Gasteiger partial charge >= 0.3 is 0 Å². The largest absolute Gasteiger partial charge is 0.455 e. The highest BCUT2D eigenvalue weighted by atomic mass is 16.3. The maximum absolute atomic E-state index is 6.51. The van der Waals surface area contributed by atoms with Gasteiger partial charge in [0.25, 0.3) is 0 Å². The topological polar surface area (TPSA) is 21.3 Å². The molecule has 14 rings (SSSR count). The summed E-state index contributed by atoms with van der Waals surface area (Å²) in [5.74, 6) is 0. The maximum atomic E-state index is 6.51. The van der Waals surface area contributed by atoms with Gasteiger partial charge in [0.05, 0.1) is 11.0 Å². The standard InChI is InChI=1S/C68H44N2O/c1-3-22-58-47(13-1)15-12-26-59(58)53-19-9-16-49(41-53)45-29-35-54(36-30-45)69(56-20-11-18-51(43-56)52-34-40-67-64(44-52)63-39-33-48-14-2-4-23-60(48)68(63)71-67)55-37-31-46(32-38-55)50-17-10-21-57(42-50)70-65-27-7-5-24-61(65)62-25-6-8-28-66(62)70/h1-44H. The van der Waals surface area contributed by atoms with Gasteiger partial charge in [-0.15, -0.1) is 0 Å². The summed E-state index contributed by atoms with van der Waals surface area (Å²) >= 11 is 0. The fourth-order valence-electron chi connectivity index (χ4n) is 10.9. The number of hydrogen-bond acceptors (Lipinski definition) is 2. The van der Waals surface area contributed by atoms with Gasteiger partial charge in [0.1, 0.15) is 11.2 Å². The Kier molecular flexibility index (Phi) is 9.53. The van der Waals surface area contributed by atoms with Crippen molar-refractivity contribution in [3.05, 3.63) is 267 Å². The van der Waals surface area contributed by atoms with Crippen LogP contribution in [0, 0.1) is 0 Å². The van der Waals surface area contributed by atoms with Crippen molar-refractivity contribution in [2.45, 2.75) is 0 Å². The molecule has 0 atom stereocenters. The van der Waals surface area contributed by atoms with Crippen LogP contribution >= 0.6 is 0 Å². The summed E-state index contributed by atoms with van der Waals surface area (Å²) in [5.41, 5.74) is 17.9. The molecule has 332 valence electrons. The zero-order valence-corrected chi connectivity index (χ0v) is 38.7. The molecule has 71 heavy (non-hydrogen) atoms. The molecule has 0 N–H and O–H groups in total. The van der Waals surface area contributed by atoms with Gasteiger partial charge in [-0.2, -0.15) is 0 Å². The second-order valence-corrected chi connectivity index (χ2v) is 18.5. The van der Waals surface area contributed by atoms with Crippen molar-refractivity contribution in [3.63, 3.8) is 0 Å². The molecule has 0 unspecified atom stereocenters. The summed E-state index contributed by atoms with van der Waals surface area (Å²) in [4.78, 5) is 2.37. The van der Waals surface area contributed by atoms with E-state index in [1.165, 1.54) is 54.7 Å². The molecule has 0 fully saturated rings. The van der Waals surface area contributed by atoms with Gasteiger partial charge in [-0.1, -0.05) is 182 Å². The lowest BCUT2D eigenvalue weighted by Gasteiger charge is -2.26. The van der Waals surface area contributed by atoms with Gasteiger partial charge in [0, 0.05) is 49.7 Å². The molecule has 0 aliphatic rings. The van der Waals surface area contributed by atoms with E-state index >= 15 is 0 Å². The number of nitrogens with zero attached hydrogens (tertiary/aromatic N) is 2. The summed E-state index contributed by atoms with van der Waals surface area (Å²) in [7, 11) is 0. The van der Waals surface area contributed by atoms with E-state index in [4.69, 9.17) is 4.42 Å². The Morgan fingerprint density at radius 1 is 0.282 bits per heavy atom. The zero-order chi connectivity index (χ0) is 46.8. The first-order valence-electron chi connectivity index (χ1n) is 24.3. The molecule has 2 heterocycles. The maximum Gasteiger partial charge on any atom is 0.143 e. The van der Waals surface area contributed by atoms with E-state index in [2.05, 4.69) is 276 Å². The van der Waals surface area contributed by atoms with Crippen molar-refractivity contribution < 1.29 is 4.42 Å². The van der Waals surface area contributed by atoms with Crippen LogP contribution in [0.25, 0.3) is 115 Å². The lowest BCUT2D eigenvalue weighted by atomic mass is 9.95. The Balaban J connectivity index is 0.852. The number of benzene rings is 12. The fraction of sp³-hybridized carbons (Fsp3) is 0. The van der Waals surface area contributed by atoms with Crippen LogP contribution in [0.1, 0.15) is 0 Å². The van der Waals surface area contributed by atoms with Crippen molar-refractivity contribution in [1.82, 2.24) is 4.57 Å². The van der Waals surface area contributed by atoms with E-state index in [1.807, 2.05) is 0 Å². The Morgan fingerprint density at radius 3 is 1.52 bits per heavy atom. The summed E-state index contributed by atoms with van der Waals surface area (Å²) in [6, 6.07) is 96.7. The lowest BCUT2D eigenvalue weighted by Crippen LogP contribution is -2.10. The minimum absolute atomic E-state index is 0.890. The Labute approximate surface area is 411 Å². The molecule has 14 aromatic rings. The average molecular weight is 905 g/mol. The van der Waals surface area contributed by atoms with E-state index in [-0.39, 0.29) is 0 Å². The minimum Gasteiger partial charge on any atom is -0.455 e. The van der Waals surface area contributed by atoms with E-state index in [0.717, 1.165) is 77.9 Å². The molecule has 3 heteroatoms. The van der Waals surface area contributed by atoms with Crippen molar-refractivity contribution >= 4 is 82.4 Å². The lowest BCUT2D eigenvalue weighted by molar-refractivity contribution is 0.672. The van der Waals surface area contributed by atoms with Gasteiger partial charge in [-0.25, -0.2) is 0 Å². The van der Waals surface area contributed by atoms with E-state index in [0.29, 0.717) is 0 Å². The molecule has 2 aromatic heterocycles. The number of rotatable bonds is 8. The van der Waals surface area contributed by atoms with Crippen molar-refractivity contribution in [2.75, 3.05) is 4.90 Å². The third-order valence-electron chi connectivity index (χ3n) is 14.4. The molecule has 0 saturated heterocycles. The van der Waals surface area contributed by atoms with Crippen molar-refractivity contribution in [3.8, 4) is 50.2 Å². The van der Waals surface area contributed by atoms with E-state index < -0.39 is 0 Å². The van der Waals surface area contributed by atoms with Gasteiger partial charge in [-0.05, 0) is 146 Å². The number of para-hydroxylation sites is 2. The molecule has 0 aliphatic heterocycles. The average Bonchev–Trinajstić information content (AvgIpc) is 3.99.